The van der Waals surface area contributed by atoms with Crippen molar-refractivity contribution in [1.82, 2.24) is 0 Å². The van der Waals surface area contributed by atoms with E-state index in [9.17, 15) is 15.0 Å². The molecule has 4 bridgehead atoms. The van der Waals surface area contributed by atoms with Crippen molar-refractivity contribution in [1.29, 1.82) is 0 Å². The van der Waals surface area contributed by atoms with Gasteiger partial charge >= 0.3 is 5.97 Å². The second-order valence-corrected chi connectivity index (χ2v) is 13.5. The van der Waals surface area contributed by atoms with Gasteiger partial charge in [-0.25, -0.2) is 4.79 Å². The van der Waals surface area contributed by atoms with Crippen LogP contribution in [0.1, 0.15) is 72.1 Å². The van der Waals surface area contributed by atoms with Gasteiger partial charge in [0.05, 0.1) is 12.2 Å². The fourth-order valence-corrected chi connectivity index (χ4v) is 9.35. The molecule has 0 aromatic rings. The van der Waals surface area contributed by atoms with Crippen molar-refractivity contribution >= 4 is 5.97 Å². The van der Waals surface area contributed by atoms with Gasteiger partial charge in [0.2, 0.25) is 0 Å². The highest BCUT2D eigenvalue weighted by Crippen LogP contribution is 2.64. The molecule has 15 atom stereocenters. The normalized spacial score (nSPS) is 55.2. The lowest BCUT2D eigenvalue weighted by Crippen LogP contribution is -2.64. The Bertz CT molecular complexity index is 1000. The summed E-state index contributed by atoms with van der Waals surface area (Å²) in [7, 11) is 0. The van der Waals surface area contributed by atoms with E-state index in [1.807, 2.05) is 6.92 Å². The van der Waals surface area contributed by atoms with E-state index in [-0.39, 0.29) is 30.3 Å². The van der Waals surface area contributed by atoms with E-state index >= 15 is 0 Å². The molecule has 2 N–H and O–H groups in total. The molecule has 218 valence electrons. The summed E-state index contributed by atoms with van der Waals surface area (Å²) in [6.07, 6.45) is 3.44. The van der Waals surface area contributed by atoms with Gasteiger partial charge in [0.25, 0.3) is 0 Å². The Morgan fingerprint density at radius 2 is 1.82 bits per heavy atom. The lowest BCUT2D eigenvalue weighted by atomic mass is 9.52. The van der Waals surface area contributed by atoms with E-state index in [4.69, 9.17) is 28.4 Å². The summed E-state index contributed by atoms with van der Waals surface area (Å²) in [4.78, 5) is 12.3. The van der Waals surface area contributed by atoms with Gasteiger partial charge < -0.3 is 38.6 Å². The van der Waals surface area contributed by atoms with Gasteiger partial charge in [-0.2, -0.15) is 0 Å². The molecule has 0 aromatic carbocycles. The molecule has 9 nitrogen and oxygen atoms in total. The summed E-state index contributed by atoms with van der Waals surface area (Å²) in [5, 5.41) is 22.4. The highest BCUT2D eigenvalue weighted by atomic mass is 16.9. The predicted octanol–water partition coefficient (Wildman–Crippen LogP) is 3.06. The van der Waals surface area contributed by atoms with Gasteiger partial charge in [-0.1, -0.05) is 26.8 Å². The lowest BCUT2D eigenvalue weighted by Gasteiger charge is -2.60. The van der Waals surface area contributed by atoms with Crippen LogP contribution in [0, 0.1) is 35.5 Å². The molecule has 8 rings (SSSR count). The van der Waals surface area contributed by atoms with Crippen molar-refractivity contribution in [2.24, 2.45) is 35.5 Å². The van der Waals surface area contributed by atoms with E-state index in [2.05, 4.69) is 13.5 Å². The maximum Gasteiger partial charge on any atom is 0.333 e. The maximum absolute atomic E-state index is 12.3. The summed E-state index contributed by atoms with van der Waals surface area (Å²) in [5.74, 6) is -1.37. The maximum atomic E-state index is 12.3. The first-order valence-corrected chi connectivity index (χ1v) is 15.2. The van der Waals surface area contributed by atoms with Crippen LogP contribution in [-0.4, -0.2) is 77.3 Å². The van der Waals surface area contributed by atoms with Crippen molar-refractivity contribution in [3.8, 4) is 0 Å². The van der Waals surface area contributed by atoms with Crippen molar-refractivity contribution in [2.45, 2.75) is 127 Å². The smallest absolute Gasteiger partial charge is 0.333 e. The minimum Gasteiger partial charge on any atom is -0.459 e. The predicted molar refractivity (Wildman–Crippen MR) is 137 cm³/mol. The number of carbonyl (C=O) groups excluding carboxylic acids is 1. The molecule has 3 aliphatic heterocycles. The second-order valence-electron chi connectivity index (χ2n) is 13.5. The first-order valence-electron chi connectivity index (χ1n) is 15.2. The Hall–Kier alpha value is -1.07. The zero-order chi connectivity index (χ0) is 27.3. The molecule has 0 amide bonds. The molecule has 5 saturated carbocycles. The van der Waals surface area contributed by atoms with Gasteiger partial charge in [0.15, 0.2) is 17.9 Å². The third kappa shape index (κ3) is 3.94. The number of esters is 1. The van der Waals surface area contributed by atoms with E-state index in [0.717, 1.165) is 44.9 Å². The van der Waals surface area contributed by atoms with E-state index in [1.165, 1.54) is 0 Å². The Morgan fingerprint density at radius 1 is 1.03 bits per heavy atom. The molecule has 0 radical (unpaired) electrons. The number of hydrogen-bond donors (Lipinski definition) is 2. The Labute approximate surface area is 230 Å². The number of rotatable bonds is 5. The van der Waals surface area contributed by atoms with Crippen molar-refractivity contribution < 1.29 is 43.4 Å². The lowest BCUT2D eigenvalue weighted by molar-refractivity contribution is -0.329. The van der Waals surface area contributed by atoms with Crippen LogP contribution in [0.25, 0.3) is 0 Å². The monoisotopic (exact) mass is 548 g/mol. The number of aliphatic hydroxyl groups excluding tert-OH is 2. The fourth-order valence-electron chi connectivity index (χ4n) is 9.35. The second kappa shape index (κ2) is 9.48. The van der Waals surface area contributed by atoms with Gasteiger partial charge in [-0.15, -0.1) is 0 Å². The Morgan fingerprint density at radius 3 is 2.59 bits per heavy atom. The molecular weight excluding hydrogens is 504 g/mol. The molecule has 8 aliphatic rings. The Kier molecular flexibility index (Phi) is 6.51. The van der Waals surface area contributed by atoms with Crippen molar-refractivity contribution in [2.75, 3.05) is 6.61 Å². The van der Waals surface area contributed by atoms with Crippen LogP contribution in [0.4, 0.5) is 0 Å². The van der Waals surface area contributed by atoms with Crippen LogP contribution < -0.4 is 0 Å². The summed E-state index contributed by atoms with van der Waals surface area (Å²) in [5.41, 5.74) is 0.315. The van der Waals surface area contributed by atoms with Gasteiger partial charge in [-0.3, -0.25) is 0 Å². The Balaban J connectivity index is 1.18. The molecule has 5 aliphatic carbocycles. The number of aliphatic hydroxyl groups is 2. The average molecular weight is 549 g/mol. The SMILES string of the molecule is C=C(C)C(=O)OC[C@H]1O[C@@H]2OC3(CCC(CCC)C(O)C3C)O[C@H]2[C@H]2OC3(O[C@@H]21)C1CC2CC(C1)C(O)C3C2. The van der Waals surface area contributed by atoms with Gasteiger partial charge in [0.1, 0.15) is 31.0 Å². The third-order valence-electron chi connectivity index (χ3n) is 11.2. The number of ether oxygens (including phenoxy) is 6. The topological polar surface area (TPSA) is 113 Å². The number of fused-ring (bicyclic) bond motifs is 3. The van der Waals surface area contributed by atoms with Crippen molar-refractivity contribution in [3.63, 3.8) is 0 Å². The molecule has 2 spiro atoms. The molecular formula is C30H44O9. The first-order chi connectivity index (χ1) is 18.7. The fraction of sp³-hybridized carbons (Fsp3) is 0.900. The molecule has 10 unspecified atom stereocenters. The summed E-state index contributed by atoms with van der Waals surface area (Å²) in [6, 6.07) is 0. The molecule has 0 aromatic heterocycles. The molecule has 39 heavy (non-hydrogen) atoms. The minimum atomic E-state index is -0.977. The largest absolute Gasteiger partial charge is 0.459 e. The average Bonchev–Trinajstić information content (AvgIpc) is 3.49. The van der Waals surface area contributed by atoms with Gasteiger partial charge in [-0.05, 0) is 63.2 Å². The minimum absolute atomic E-state index is 0.0221. The van der Waals surface area contributed by atoms with Crippen LogP contribution in [0.2, 0.25) is 0 Å². The highest BCUT2D eigenvalue weighted by molar-refractivity contribution is 5.86. The standard InChI is InChI=1S/C30H44O9/c1-5-6-17-7-8-29(15(4)22(17)31)36-26-25-24(21(35-28(26)39-29)13-34-27(33)14(2)3)37-30(38-25)19-10-16-9-18(12-19)23(32)20(30)11-16/h15-26,28,31-32H,2,5-13H2,1,3-4H3/t15?,16?,17?,18?,19?,20?,21-,22?,23?,24-,25+,26+,28-,29?,30?/m1/s1. The van der Waals surface area contributed by atoms with Crippen molar-refractivity contribution in [3.05, 3.63) is 12.2 Å². The molecule has 3 heterocycles. The highest BCUT2D eigenvalue weighted by Gasteiger charge is 2.72. The summed E-state index contributed by atoms with van der Waals surface area (Å²) >= 11 is 0. The quantitative estimate of drug-likeness (QED) is 0.395. The zero-order valence-corrected chi connectivity index (χ0v) is 23.3. The molecule has 9 heteroatoms. The van der Waals surface area contributed by atoms with Crippen LogP contribution in [0.15, 0.2) is 12.2 Å². The van der Waals surface area contributed by atoms with Crippen LogP contribution in [0.5, 0.6) is 0 Å². The zero-order valence-electron chi connectivity index (χ0n) is 23.3. The molecule has 8 fully saturated rings. The van der Waals surface area contributed by atoms with E-state index in [0.29, 0.717) is 23.8 Å². The third-order valence-corrected chi connectivity index (χ3v) is 11.2. The first kappa shape index (κ1) is 26.8. The van der Waals surface area contributed by atoms with Gasteiger partial charge in [0, 0.05) is 29.7 Å². The van der Waals surface area contributed by atoms with Crippen LogP contribution >= 0.6 is 0 Å². The van der Waals surface area contributed by atoms with E-state index in [1.54, 1.807) is 6.92 Å². The number of carbonyl (C=O) groups is 1. The van der Waals surface area contributed by atoms with E-state index < -0.39 is 60.5 Å². The van der Waals surface area contributed by atoms with Crippen LogP contribution in [0.3, 0.4) is 0 Å². The number of hydrogen-bond acceptors (Lipinski definition) is 9. The van der Waals surface area contributed by atoms with Crippen LogP contribution in [-0.2, 0) is 33.2 Å². The summed E-state index contributed by atoms with van der Waals surface area (Å²) in [6.45, 7) is 9.42. The molecule has 3 saturated heterocycles. The summed E-state index contributed by atoms with van der Waals surface area (Å²) < 4.78 is 39.2.